The molecule has 6 nitrogen and oxygen atoms in total. The second-order valence-corrected chi connectivity index (χ2v) is 6.08. The van der Waals surface area contributed by atoms with Crippen LogP contribution in [0.2, 0.25) is 0 Å². The number of benzene rings is 2. The third kappa shape index (κ3) is 6.14. The number of hydrogen-bond acceptors (Lipinski definition) is 5. The molecule has 0 aliphatic rings. The molecular formula is C22H19FN2O4. The summed E-state index contributed by atoms with van der Waals surface area (Å²) in [6.45, 7) is 0.0598. The molecule has 0 aliphatic heterocycles. The van der Waals surface area contributed by atoms with Crippen molar-refractivity contribution in [3.05, 3.63) is 95.6 Å². The van der Waals surface area contributed by atoms with E-state index < -0.39 is 17.7 Å². The van der Waals surface area contributed by atoms with E-state index in [9.17, 15) is 14.0 Å². The molecule has 7 heteroatoms. The maximum absolute atomic E-state index is 13.5. The van der Waals surface area contributed by atoms with Gasteiger partial charge in [-0.3, -0.25) is 14.6 Å². The number of aromatic nitrogens is 1. The van der Waals surface area contributed by atoms with Crippen LogP contribution in [0.25, 0.3) is 0 Å². The Morgan fingerprint density at radius 1 is 0.931 bits per heavy atom. The summed E-state index contributed by atoms with van der Waals surface area (Å²) in [5, 5.41) is 2.34. The zero-order valence-corrected chi connectivity index (χ0v) is 15.5. The SMILES string of the molecule is O=C(CNC(=O)c1ccccc1F)OCc1ccc(OCc2ccccn2)cc1. The van der Waals surface area contributed by atoms with Crippen LogP contribution in [0.1, 0.15) is 21.6 Å². The molecule has 0 spiro atoms. The summed E-state index contributed by atoms with van der Waals surface area (Å²) in [6, 6.07) is 18.2. The van der Waals surface area contributed by atoms with E-state index in [2.05, 4.69) is 10.3 Å². The first-order chi connectivity index (χ1) is 14.1. The van der Waals surface area contributed by atoms with Gasteiger partial charge < -0.3 is 14.8 Å². The molecule has 0 fully saturated rings. The van der Waals surface area contributed by atoms with Crippen molar-refractivity contribution in [3.8, 4) is 5.75 Å². The van der Waals surface area contributed by atoms with Crippen molar-refractivity contribution in [2.24, 2.45) is 0 Å². The van der Waals surface area contributed by atoms with E-state index in [1.54, 1.807) is 36.5 Å². The Morgan fingerprint density at radius 3 is 2.41 bits per heavy atom. The lowest BCUT2D eigenvalue weighted by molar-refractivity contribution is -0.143. The molecule has 3 aromatic rings. The lowest BCUT2D eigenvalue weighted by atomic mass is 10.2. The Morgan fingerprint density at radius 2 is 1.69 bits per heavy atom. The summed E-state index contributed by atoms with van der Waals surface area (Å²) >= 11 is 0. The number of carbonyl (C=O) groups excluding carboxylic acids is 2. The third-order valence-electron chi connectivity index (χ3n) is 3.95. The molecule has 1 amide bonds. The maximum atomic E-state index is 13.5. The molecule has 3 rings (SSSR count). The summed E-state index contributed by atoms with van der Waals surface area (Å²) < 4.78 is 24.3. The van der Waals surface area contributed by atoms with E-state index in [1.807, 2.05) is 18.2 Å². The smallest absolute Gasteiger partial charge is 0.325 e. The number of rotatable bonds is 8. The number of halogens is 1. The van der Waals surface area contributed by atoms with Gasteiger partial charge in [-0.1, -0.05) is 30.3 Å². The van der Waals surface area contributed by atoms with Crippen molar-refractivity contribution in [1.82, 2.24) is 10.3 Å². The van der Waals surface area contributed by atoms with Gasteiger partial charge >= 0.3 is 5.97 Å². The monoisotopic (exact) mass is 394 g/mol. The first-order valence-corrected chi connectivity index (χ1v) is 8.92. The molecule has 1 N–H and O–H groups in total. The van der Waals surface area contributed by atoms with Gasteiger partial charge in [0.05, 0.1) is 11.3 Å². The van der Waals surface area contributed by atoms with E-state index in [0.29, 0.717) is 12.4 Å². The van der Waals surface area contributed by atoms with Crippen molar-refractivity contribution in [3.63, 3.8) is 0 Å². The summed E-state index contributed by atoms with van der Waals surface area (Å²) in [6.07, 6.45) is 1.70. The second-order valence-electron chi connectivity index (χ2n) is 6.08. The van der Waals surface area contributed by atoms with Crippen LogP contribution in [0.3, 0.4) is 0 Å². The summed E-state index contributed by atoms with van der Waals surface area (Å²) in [7, 11) is 0. The number of nitrogens with zero attached hydrogens (tertiary/aromatic N) is 1. The fraction of sp³-hybridized carbons (Fsp3) is 0.136. The predicted molar refractivity (Wildman–Crippen MR) is 104 cm³/mol. The van der Waals surface area contributed by atoms with Crippen molar-refractivity contribution in [1.29, 1.82) is 0 Å². The van der Waals surface area contributed by atoms with Crippen LogP contribution >= 0.6 is 0 Å². The van der Waals surface area contributed by atoms with Crippen LogP contribution in [0.5, 0.6) is 5.75 Å². The largest absolute Gasteiger partial charge is 0.487 e. The minimum Gasteiger partial charge on any atom is -0.487 e. The van der Waals surface area contributed by atoms with E-state index in [-0.39, 0.29) is 18.7 Å². The third-order valence-corrected chi connectivity index (χ3v) is 3.95. The number of pyridine rings is 1. The Bertz CT molecular complexity index is 962. The van der Waals surface area contributed by atoms with Gasteiger partial charge in [0, 0.05) is 6.20 Å². The zero-order chi connectivity index (χ0) is 20.5. The highest BCUT2D eigenvalue weighted by Crippen LogP contribution is 2.14. The molecule has 0 aliphatic carbocycles. The number of amides is 1. The molecule has 0 radical (unpaired) electrons. The Hall–Kier alpha value is -3.74. The highest BCUT2D eigenvalue weighted by atomic mass is 19.1. The minimum absolute atomic E-state index is 0.0505. The highest BCUT2D eigenvalue weighted by Gasteiger charge is 2.12. The number of nitrogens with one attached hydrogen (secondary N) is 1. The molecule has 0 saturated heterocycles. The topological polar surface area (TPSA) is 77.5 Å². The van der Waals surface area contributed by atoms with Gasteiger partial charge in [-0.2, -0.15) is 0 Å². The second kappa shape index (κ2) is 9.98. The van der Waals surface area contributed by atoms with Gasteiger partial charge in [-0.05, 0) is 42.0 Å². The van der Waals surface area contributed by atoms with Gasteiger partial charge in [-0.25, -0.2) is 4.39 Å². The summed E-state index contributed by atoms with van der Waals surface area (Å²) in [5.74, 6) is -1.27. The molecule has 0 atom stereocenters. The van der Waals surface area contributed by atoms with Gasteiger partial charge in [0.25, 0.3) is 5.91 Å². The first kappa shape index (κ1) is 20.0. The normalized spacial score (nSPS) is 10.2. The molecule has 0 bridgehead atoms. The molecule has 1 heterocycles. The van der Waals surface area contributed by atoms with Crippen molar-refractivity contribution in [2.45, 2.75) is 13.2 Å². The average molecular weight is 394 g/mol. The van der Waals surface area contributed by atoms with Crippen LogP contribution in [0.4, 0.5) is 4.39 Å². The fourth-order valence-corrected chi connectivity index (χ4v) is 2.43. The zero-order valence-electron chi connectivity index (χ0n) is 15.5. The molecule has 0 unspecified atom stereocenters. The van der Waals surface area contributed by atoms with E-state index in [1.165, 1.54) is 18.2 Å². The number of carbonyl (C=O) groups is 2. The van der Waals surface area contributed by atoms with Crippen LogP contribution in [-0.2, 0) is 22.7 Å². The molecular weight excluding hydrogens is 375 g/mol. The first-order valence-electron chi connectivity index (χ1n) is 8.92. The number of esters is 1. The highest BCUT2D eigenvalue weighted by molar-refractivity contribution is 5.96. The van der Waals surface area contributed by atoms with E-state index in [4.69, 9.17) is 9.47 Å². The quantitative estimate of drug-likeness (QED) is 0.594. The summed E-state index contributed by atoms with van der Waals surface area (Å²) in [5.41, 5.74) is 1.47. The van der Waals surface area contributed by atoms with Crippen LogP contribution in [0, 0.1) is 5.82 Å². The Labute approximate surface area is 167 Å². The van der Waals surface area contributed by atoms with Crippen LogP contribution in [0.15, 0.2) is 72.9 Å². The molecule has 148 valence electrons. The molecule has 0 saturated carbocycles. The minimum atomic E-state index is -0.672. The molecule has 29 heavy (non-hydrogen) atoms. The standard InChI is InChI=1S/C22H19FN2O4/c23-20-7-2-1-6-19(20)22(27)25-13-21(26)29-14-16-8-10-18(11-9-16)28-15-17-5-3-4-12-24-17/h1-12H,13-15H2,(H,25,27). The number of hydrogen-bond donors (Lipinski definition) is 1. The van der Waals surface area contributed by atoms with Crippen LogP contribution < -0.4 is 10.1 Å². The van der Waals surface area contributed by atoms with Gasteiger partial charge in [0.1, 0.15) is 31.3 Å². The summed E-state index contributed by atoms with van der Waals surface area (Å²) in [4.78, 5) is 27.9. The average Bonchev–Trinajstić information content (AvgIpc) is 2.76. The van der Waals surface area contributed by atoms with Gasteiger partial charge in [-0.15, -0.1) is 0 Å². The predicted octanol–water partition coefficient (Wildman–Crippen LogP) is 3.27. The van der Waals surface area contributed by atoms with E-state index in [0.717, 1.165) is 11.3 Å². The lowest BCUT2D eigenvalue weighted by Crippen LogP contribution is -2.31. The van der Waals surface area contributed by atoms with Crippen molar-refractivity contribution < 1.29 is 23.5 Å². The molecule has 1 aromatic heterocycles. The Kier molecular flexibility index (Phi) is 6.89. The van der Waals surface area contributed by atoms with E-state index >= 15 is 0 Å². The maximum Gasteiger partial charge on any atom is 0.325 e. The Balaban J connectivity index is 1.41. The lowest BCUT2D eigenvalue weighted by Gasteiger charge is -2.09. The van der Waals surface area contributed by atoms with Crippen molar-refractivity contribution >= 4 is 11.9 Å². The van der Waals surface area contributed by atoms with Crippen molar-refractivity contribution in [2.75, 3.05) is 6.54 Å². The number of ether oxygens (including phenoxy) is 2. The molecule has 2 aromatic carbocycles. The fourth-order valence-electron chi connectivity index (χ4n) is 2.43. The van der Waals surface area contributed by atoms with Gasteiger partial charge in [0.15, 0.2) is 0 Å². The van der Waals surface area contributed by atoms with Gasteiger partial charge in [0.2, 0.25) is 0 Å². The van der Waals surface area contributed by atoms with Crippen LogP contribution in [-0.4, -0.2) is 23.4 Å².